The van der Waals surface area contributed by atoms with E-state index in [2.05, 4.69) is 41.7 Å². The molecule has 0 fully saturated rings. The summed E-state index contributed by atoms with van der Waals surface area (Å²) in [5.74, 6) is 0. The summed E-state index contributed by atoms with van der Waals surface area (Å²) in [6.45, 7) is 0. The zero-order valence-electron chi connectivity index (χ0n) is 5.07. The van der Waals surface area contributed by atoms with E-state index in [1.807, 2.05) is 6.07 Å². The van der Waals surface area contributed by atoms with Crippen LogP contribution in [0.1, 0.15) is 0 Å². The second kappa shape index (κ2) is 7.02. The van der Waals surface area contributed by atoms with Gasteiger partial charge in [-0.05, 0) is 0 Å². The molecule has 0 unspecified atom stereocenters. The molecule has 0 aliphatic rings. The molecule has 4 heteroatoms. The predicted molar refractivity (Wildman–Crippen MR) is 52.0 cm³/mol. The second-order valence-electron chi connectivity index (χ2n) is 1.34. The molecule has 0 N–H and O–H groups in total. The summed E-state index contributed by atoms with van der Waals surface area (Å²) in [6, 6.07) is 8.20. The summed E-state index contributed by atoms with van der Waals surface area (Å²) in [5, 5.41) is 0.701. The number of hydrogen-bond donors (Lipinski definition) is 0. The third-order valence-corrected chi connectivity index (χ3v) is 2.00. The average Bonchev–Trinajstić information content (AvgIpc) is 2.00. The minimum atomic E-state index is 0.701. The molecule has 0 spiro atoms. The maximum atomic E-state index is 5.63. The Hall–Kier alpha value is 1.34. The van der Waals surface area contributed by atoms with Gasteiger partial charge in [0.2, 0.25) is 0 Å². The molecule has 1 aromatic carbocycles. The van der Waals surface area contributed by atoms with Gasteiger partial charge in [-0.1, -0.05) is 25.4 Å². The van der Waals surface area contributed by atoms with E-state index in [-0.39, 0.29) is 0 Å². The first-order valence-electron chi connectivity index (χ1n) is 2.38. The summed E-state index contributed by atoms with van der Waals surface area (Å²) in [5.41, 5.74) is 0. The molecule has 0 atom stereocenters. The Bertz CT molecular complexity index is 174. The molecule has 0 bridgehead atoms. The molecule has 0 aromatic heterocycles. The van der Waals surface area contributed by atoms with Gasteiger partial charge in [-0.15, -0.1) is 0 Å². The van der Waals surface area contributed by atoms with Crippen molar-refractivity contribution in [3.8, 4) is 0 Å². The average molecular weight is 383 g/mol. The summed E-state index contributed by atoms with van der Waals surface area (Å²) < 4.78 is 0.915. The molecule has 0 nitrogen and oxygen atoms in total. The molecule has 50 valence electrons. The van der Waals surface area contributed by atoms with Crippen LogP contribution in [0.25, 0.3) is 0 Å². The van der Waals surface area contributed by atoms with Crippen molar-refractivity contribution < 1.29 is 14.8 Å². The van der Waals surface area contributed by atoms with Gasteiger partial charge in [-0.2, -0.15) is 35.9 Å². The molecular formula is C6H3BrClIZn. The maximum absolute atomic E-state index is 5.63. The normalized spacial score (nSPS) is 8.10. The van der Waals surface area contributed by atoms with Gasteiger partial charge in [-0.3, -0.25) is 0 Å². The molecule has 0 saturated heterocycles. The van der Waals surface area contributed by atoms with Crippen LogP contribution in [0.5, 0.6) is 0 Å². The van der Waals surface area contributed by atoms with E-state index in [9.17, 15) is 0 Å². The van der Waals surface area contributed by atoms with Crippen LogP contribution < -0.4 is 0 Å². The van der Waals surface area contributed by atoms with Crippen molar-refractivity contribution in [2.75, 3.05) is 0 Å². The van der Waals surface area contributed by atoms with Crippen LogP contribution in [-0.4, -0.2) is 0 Å². The molecule has 0 saturated carbocycles. The van der Waals surface area contributed by atoms with Crippen molar-refractivity contribution in [2.24, 2.45) is 0 Å². The number of halogens is 3. The molecule has 10 heavy (non-hydrogen) atoms. The van der Waals surface area contributed by atoms with E-state index in [4.69, 9.17) is 11.6 Å². The quantitative estimate of drug-likeness (QED) is 0.364. The zero-order chi connectivity index (χ0) is 7.98. The van der Waals surface area contributed by atoms with E-state index < -0.39 is 0 Å². The van der Waals surface area contributed by atoms with Crippen molar-refractivity contribution in [2.45, 2.75) is 0 Å². The third kappa shape index (κ3) is 4.27. The van der Waals surface area contributed by atoms with Gasteiger partial charge in [-0.25, -0.2) is 0 Å². The zero-order valence-corrected chi connectivity index (χ0v) is 12.5. The van der Waals surface area contributed by atoms with Crippen molar-refractivity contribution in [1.29, 1.82) is 0 Å². The first-order valence-corrected chi connectivity index (χ1v) is 12.6. The molecular weight excluding hydrogens is 380 g/mol. The van der Waals surface area contributed by atoms with E-state index >= 15 is 0 Å². The van der Waals surface area contributed by atoms with Crippen LogP contribution in [0.15, 0.2) is 22.7 Å². The molecule has 0 amide bonds. The Balaban J connectivity index is 0.000000371. The number of rotatable bonds is 0. The third-order valence-electron chi connectivity index (χ3n) is 0.764. The van der Waals surface area contributed by atoms with Crippen molar-refractivity contribution in [1.82, 2.24) is 0 Å². The predicted octanol–water partition coefficient (Wildman–Crippen LogP) is 3.79. The summed E-state index contributed by atoms with van der Waals surface area (Å²) >= 11 is 12.5. The van der Waals surface area contributed by atoms with Gasteiger partial charge in [0, 0.05) is 0 Å². The first-order chi connectivity index (χ1) is 4.80. The van der Waals surface area contributed by atoms with Crippen LogP contribution in [-0.2, 0) is 14.8 Å². The number of hydrogen-bond acceptors (Lipinski definition) is 0. The molecule has 0 aliphatic heterocycles. The van der Waals surface area contributed by atoms with Crippen molar-refractivity contribution in [3.63, 3.8) is 0 Å². The topological polar surface area (TPSA) is 0 Å². The van der Waals surface area contributed by atoms with Crippen molar-refractivity contribution in [3.05, 3.63) is 33.8 Å². The Morgan fingerprint density at radius 2 is 2.20 bits per heavy atom. The van der Waals surface area contributed by atoms with Crippen LogP contribution in [0, 0.1) is 6.07 Å². The van der Waals surface area contributed by atoms with Crippen LogP contribution in [0.2, 0.25) is 5.02 Å². The Labute approximate surface area is 94.7 Å². The monoisotopic (exact) mass is 380 g/mol. The van der Waals surface area contributed by atoms with E-state index in [0.717, 1.165) is 4.47 Å². The second-order valence-corrected chi connectivity index (χ2v) is 2.60. The minimum absolute atomic E-state index is 0.701. The van der Waals surface area contributed by atoms with Gasteiger partial charge in [0.1, 0.15) is 0 Å². The van der Waals surface area contributed by atoms with Crippen LogP contribution in [0.3, 0.4) is 0 Å². The van der Waals surface area contributed by atoms with E-state index in [1.54, 1.807) is 12.1 Å². The molecule has 0 radical (unpaired) electrons. The fraction of sp³-hybridized carbons (Fsp3) is 0. The van der Waals surface area contributed by atoms with Gasteiger partial charge in [0.05, 0.1) is 0 Å². The summed E-state index contributed by atoms with van der Waals surface area (Å²) in [4.78, 5) is 0. The SMILES string of the molecule is Clc1c[c-]ccc1Br.[Zn+][I]. The fourth-order valence-corrected chi connectivity index (χ4v) is 0.764. The molecule has 1 aromatic rings. The standard InChI is InChI=1S/C6H3BrCl.HI.Zn/c7-5-3-1-2-4-6(5)8;;/h1,3-4H;1H;/q-1;;+2/p-1. The summed E-state index contributed by atoms with van der Waals surface area (Å²) in [6.07, 6.45) is 0. The van der Waals surface area contributed by atoms with Gasteiger partial charge < -0.3 is 0 Å². The Morgan fingerprint density at radius 3 is 2.50 bits per heavy atom. The molecule has 0 heterocycles. The summed E-state index contributed by atoms with van der Waals surface area (Å²) in [7, 11) is 0. The van der Waals surface area contributed by atoms with Crippen LogP contribution in [0.4, 0.5) is 0 Å². The van der Waals surface area contributed by atoms with Crippen molar-refractivity contribution >= 4 is 47.3 Å². The van der Waals surface area contributed by atoms with Gasteiger partial charge in [0.25, 0.3) is 0 Å². The number of benzene rings is 1. The molecule has 0 aliphatic carbocycles. The van der Waals surface area contributed by atoms with E-state index in [1.165, 1.54) is 14.8 Å². The first kappa shape index (κ1) is 11.3. The van der Waals surface area contributed by atoms with Crippen LogP contribution >= 0.6 is 47.3 Å². The van der Waals surface area contributed by atoms with Gasteiger partial charge >= 0.3 is 34.5 Å². The Morgan fingerprint density at radius 1 is 1.60 bits per heavy atom. The van der Waals surface area contributed by atoms with E-state index in [0.29, 0.717) is 5.02 Å². The van der Waals surface area contributed by atoms with Gasteiger partial charge in [0.15, 0.2) is 0 Å². The Kier molecular flexibility index (Phi) is 7.96. The fourth-order valence-electron chi connectivity index (χ4n) is 0.391. The molecule has 1 rings (SSSR count).